The maximum absolute atomic E-state index is 13.3. The summed E-state index contributed by atoms with van der Waals surface area (Å²) in [6, 6.07) is 22.9. The molecule has 4 aromatic rings. The molecule has 4 rings (SSSR count). The first-order chi connectivity index (χ1) is 17.7. The minimum absolute atomic E-state index is 0.0742. The molecule has 0 saturated heterocycles. The Labute approximate surface area is 220 Å². The Hall–Kier alpha value is -4.16. The van der Waals surface area contributed by atoms with E-state index in [1.165, 1.54) is 17.7 Å². The summed E-state index contributed by atoms with van der Waals surface area (Å²) < 4.78 is 12.1. The number of methoxy groups -OCH3 is 1. The highest BCUT2D eigenvalue weighted by molar-refractivity contribution is 6.30. The highest BCUT2D eigenvalue weighted by Gasteiger charge is 2.22. The van der Waals surface area contributed by atoms with Crippen LogP contribution in [0.15, 0.2) is 89.9 Å². The first kappa shape index (κ1) is 25.9. The first-order valence-corrected chi connectivity index (χ1v) is 12.0. The number of carbonyl (C=O) groups is 2. The Kier molecular flexibility index (Phi) is 7.89. The molecule has 0 amide bonds. The van der Waals surface area contributed by atoms with E-state index in [2.05, 4.69) is 0 Å². The van der Waals surface area contributed by atoms with Crippen LogP contribution in [0.3, 0.4) is 0 Å². The second-order valence-corrected chi connectivity index (χ2v) is 9.17. The summed E-state index contributed by atoms with van der Waals surface area (Å²) in [5.74, 6) is 0.339. The molecule has 0 bridgehead atoms. The van der Waals surface area contributed by atoms with Crippen LogP contribution < -0.4 is 10.3 Å². The molecule has 1 unspecified atom stereocenters. The van der Waals surface area contributed by atoms with Crippen molar-refractivity contribution in [2.45, 2.75) is 19.3 Å². The summed E-state index contributed by atoms with van der Waals surface area (Å²) >= 11 is 6.19. The van der Waals surface area contributed by atoms with Crippen molar-refractivity contribution in [3.63, 3.8) is 0 Å². The minimum atomic E-state index is -0.440. The van der Waals surface area contributed by atoms with Gasteiger partial charge in [-0.1, -0.05) is 35.9 Å². The number of benzene rings is 3. The zero-order valence-electron chi connectivity index (χ0n) is 20.7. The number of carbonyl (C=O) groups excluding carboxylic acids is 2. The second kappa shape index (κ2) is 11.3. The fourth-order valence-electron chi connectivity index (χ4n) is 4.21. The Morgan fingerprint density at radius 3 is 2.35 bits per heavy atom. The quantitative estimate of drug-likeness (QED) is 0.202. The molecule has 0 N–H and O–H groups in total. The minimum Gasteiger partial charge on any atom is -0.465 e. The number of ketones is 1. The van der Waals surface area contributed by atoms with Gasteiger partial charge in [0.15, 0.2) is 5.78 Å². The highest BCUT2D eigenvalue weighted by Crippen LogP contribution is 2.34. The topological polar surface area (TPSA) is 74.6 Å². The number of halogens is 1. The summed E-state index contributed by atoms with van der Waals surface area (Å²) in [6.45, 7) is 1.97. The summed E-state index contributed by atoms with van der Waals surface area (Å²) in [5, 5.41) is 0.627. The van der Waals surface area contributed by atoms with Gasteiger partial charge in [0.2, 0.25) is 5.56 Å². The van der Waals surface area contributed by atoms with Gasteiger partial charge in [0.05, 0.1) is 12.7 Å². The lowest BCUT2D eigenvalue weighted by molar-refractivity contribution is 0.0600. The second-order valence-electron chi connectivity index (χ2n) is 8.74. The van der Waals surface area contributed by atoms with Crippen LogP contribution in [0.2, 0.25) is 5.02 Å². The molecule has 1 heterocycles. The fraction of sp³-hybridized carbons (Fsp3) is 0.167. The number of hydrogen-bond donors (Lipinski definition) is 0. The zero-order valence-corrected chi connectivity index (χ0v) is 21.5. The normalized spacial score (nSPS) is 11.6. The number of nitrogens with zero attached hydrogens (tertiary/aromatic N) is 1. The van der Waals surface area contributed by atoms with Crippen LogP contribution in [0, 0.1) is 6.92 Å². The van der Waals surface area contributed by atoms with Gasteiger partial charge in [-0.25, -0.2) is 4.79 Å². The van der Waals surface area contributed by atoms with E-state index in [1.54, 1.807) is 43.6 Å². The molecule has 37 heavy (non-hydrogen) atoms. The molecule has 188 valence electrons. The third-order valence-corrected chi connectivity index (χ3v) is 6.41. The van der Waals surface area contributed by atoms with Crippen LogP contribution in [0.25, 0.3) is 0 Å². The number of aryl methyl sites for hydroxylation is 2. The lowest BCUT2D eigenvalue weighted by atomic mass is 9.84. The third kappa shape index (κ3) is 6.16. The highest BCUT2D eigenvalue weighted by atomic mass is 35.5. The Morgan fingerprint density at radius 1 is 0.919 bits per heavy atom. The largest absolute Gasteiger partial charge is 0.465 e. The van der Waals surface area contributed by atoms with Gasteiger partial charge in [-0.05, 0) is 72.1 Å². The molecule has 6 nitrogen and oxygen atoms in total. The number of rotatable bonds is 8. The van der Waals surface area contributed by atoms with Gasteiger partial charge >= 0.3 is 5.97 Å². The van der Waals surface area contributed by atoms with E-state index in [-0.39, 0.29) is 23.7 Å². The number of aromatic nitrogens is 1. The van der Waals surface area contributed by atoms with E-state index in [0.717, 1.165) is 16.7 Å². The SMILES string of the molecule is COC(=O)c1cccc(Oc2ccc(C(CC(=O)c3ccc(=O)n(C)c3)c3ccc(Cl)cc3C)cc2)c1. The molecular formula is C30H26ClNO5. The van der Waals surface area contributed by atoms with Gasteiger partial charge in [0.1, 0.15) is 11.5 Å². The zero-order chi connectivity index (χ0) is 26.5. The van der Waals surface area contributed by atoms with Crippen molar-refractivity contribution in [1.29, 1.82) is 0 Å². The van der Waals surface area contributed by atoms with Crippen molar-refractivity contribution in [2.24, 2.45) is 7.05 Å². The number of Topliss-reactive ketones (excluding diaryl/α,β-unsaturated/α-hetero) is 1. The van der Waals surface area contributed by atoms with Gasteiger partial charge in [-0.15, -0.1) is 0 Å². The summed E-state index contributed by atoms with van der Waals surface area (Å²) in [5.41, 5.74) is 3.59. The monoisotopic (exact) mass is 515 g/mol. The molecule has 0 aliphatic heterocycles. The molecule has 0 saturated carbocycles. The molecule has 0 radical (unpaired) electrons. The Bertz CT molecular complexity index is 1510. The summed E-state index contributed by atoms with van der Waals surface area (Å²) in [4.78, 5) is 36.8. The standard InChI is InChI=1S/C30H26ClNO5/c1-19-15-23(31)10-13-26(19)27(17-28(33)22-9-14-29(34)32(2)18-22)20-7-11-24(12-8-20)37-25-6-4-5-21(16-25)30(35)36-3/h4-16,18,27H,17H2,1-3H3. The molecular weight excluding hydrogens is 490 g/mol. The van der Waals surface area contributed by atoms with Crippen LogP contribution >= 0.6 is 11.6 Å². The predicted octanol–water partition coefficient (Wildman–Crippen LogP) is 6.33. The molecule has 1 atom stereocenters. The molecule has 0 spiro atoms. The van der Waals surface area contributed by atoms with Crippen LogP contribution in [-0.2, 0) is 11.8 Å². The fourth-order valence-corrected chi connectivity index (χ4v) is 4.43. The third-order valence-electron chi connectivity index (χ3n) is 6.18. The van der Waals surface area contributed by atoms with E-state index < -0.39 is 5.97 Å². The Balaban J connectivity index is 1.63. The molecule has 3 aromatic carbocycles. The van der Waals surface area contributed by atoms with E-state index in [0.29, 0.717) is 27.6 Å². The van der Waals surface area contributed by atoms with E-state index in [1.807, 2.05) is 49.4 Å². The van der Waals surface area contributed by atoms with Gasteiger partial charge in [-0.2, -0.15) is 0 Å². The van der Waals surface area contributed by atoms with Gasteiger partial charge < -0.3 is 14.0 Å². The van der Waals surface area contributed by atoms with Crippen molar-refractivity contribution in [1.82, 2.24) is 4.57 Å². The maximum atomic E-state index is 13.3. The van der Waals surface area contributed by atoms with Crippen LogP contribution in [0.4, 0.5) is 0 Å². The van der Waals surface area contributed by atoms with Crippen LogP contribution in [0.5, 0.6) is 11.5 Å². The van der Waals surface area contributed by atoms with Crippen LogP contribution in [-0.4, -0.2) is 23.4 Å². The Morgan fingerprint density at radius 2 is 1.68 bits per heavy atom. The maximum Gasteiger partial charge on any atom is 0.337 e. The van der Waals surface area contributed by atoms with Crippen molar-refractivity contribution < 1.29 is 19.1 Å². The van der Waals surface area contributed by atoms with Crippen molar-refractivity contribution in [3.05, 3.63) is 128 Å². The molecule has 0 aliphatic carbocycles. The van der Waals surface area contributed by atoms with Crippen LogP contribution in [0.1, 0.15) is 49.7 Å². The number of ether oxygens (including phenoxy) is 2. The molecule has 7 heteroatoms. The van der Waals surface area contributed by atoms with Crippen molar-refractivity contribution in [3.8, 4) is 11.5 Å². The molecule has 1 aromatic heterocycles. The predicted molar refractivity (Wildman–Crippen MR) is 143 cm³/mol. The van der Waals surface area contributed by atoms with E-state index in [4.69, 9.17) is 21.1 Å². The average Bonchev–Trinajstić information content (AvgIpc) is 2.89. The number of pyridine rings is 1. The van der Waals surface area contributed by atoms with Crippen molar-refractivity contribution >= 4 is 23.4 Å². The lowest BCUT2D eigenvalue weighted by Gasteiger charge is -2.20. The van der Waals surface area contributed by atoms with Gasteiger partial charge in [0.25, 0.3) is 0 Å². The first-order valence-electron chi connectivity index (χ1n) is 11.7. The van der Waals surface area contributed by atoms with E-state index in [9.17, 15) is 14.4 Å². The molecule has 0 fully saturated rings. The van der Waals surface area contributed by atoms with Crippen molar-refractivity contribution in [2.75, 3.05) is 7.11 Å². The number of esters is 1. The summed E-state index contributed by atoms with van der Waals surface area (Å²) in [7, 11) is 2.95. The smallest absolute Gasteiger partial charge is 0.337 e. The van der Waals surface area contributed by atoms with Gasteiger partial charge in [0, 0.05) is 42.2 Å². The lowest BCUT2D eigenvalue weighted by Crippen LogP contribution is -2.17. The molecule has 0 aliphatic rings. The average molecular weight is 516 g/mol. The number of hydrogen-bond acceptors (Lipinski definition) is 5. The summed E-state index contributed by atoms with van der Waals surface area (Å²) in [6.07, 6.45) is 1.78. The van der Waals surface area contributed by atoms with E-state index >= 15 is 0 Å². The van der Waals surface area contributed by atoms with Gasteiger partial charge in [-0.3, -0.25) is 9.59 Å².